The SMILES string of the molecule is CCOc1cc(CNCCc2ccc(OC)c(OC)c2)c(Cl)cc1OCc1ccc(Cl)cc1Cl. The molecule has 0 aromatic heterocycles. The molecule has 5 nitrogen and oxygen atoms in total. The Balaban J connectivity index is 1.62. The smallest absolute Gasteiger partial charge is 0.163 e. The van der Waals surface area contributed by atoms with Crippen molar-refractivity contribution in [3.8, 4) is 23.0 Å². The number of methoxy groups -OCH3 is 2. The minimum Gasteiger partial charge on any atom is -0.493 e. The topological polar surface area (TPSA) is 49.0 Å². The minimum atomic E-state index is 0.273. The van der Waals surface area contributed by atoms with E-state index >= 15 is 0 Å². The molecule has 0 aliphatic heterocycles. The van der Waals surface area contributed by atoms with Gasteiger partial charge in [-0.1, -0.05) is 46.9 Å². The molecule has 34 heavy (non-hydrogen) atoms. The van der Waals surface area contributed by atoms with Crippen molar-refractivity contribution in [3.63, 3.8) is 0 Å². The maximum atomic E-state index is 6.55. The molecule has 1 N–H and O–H groups in total. The van der Waals surface area contributed by atoms with E-state index in [1.165, 1.54) is 0 Å². The average Bonchev–Trinajstić information content (AvgIpc) is 2.83. The van der Waals surface area contributed by atoms with E-state index in [-0.39, 0.29) is 6.61 Å². The predicted octanol–water partition coefficient (Wildman–Crippen LogP) is 6.97. The third kappa shape index (κ3) is 7.09. The normalized spacial score (nSPS) is 10.8. The summed E-state index contributed by atoms with van der Waals surface area (Å²) in [5, 5.41) is 5.16. The highest BCUT2D eigenvalue weighted by Gasteiger charge is 2.13. The first-order valence-corrected chi connectivity index (χ1v) is 12.0. The van der Waals surface area contributed by atoms with Crippen molar-refractivity contribution >= 4 is 34.8 Å². The van der Waals surface area contributed by atoms with Gasteiger partial charge in [-0.15, -0.1) is 0 Å². The maximum absolute atomic E-state index is 6.55. The molecule has 3 aromatic carbocycles. The molecule has 182 valence electrons. The Morgan fingerprint density at radius 2 is 1.47 bits per heavy atom. The van der Waals surface area contributed by atoms with Crippen LogP contribution in [0.25, 0.3) is 0 Å². The highest BCUT2D eigenvalue weighted by molar-refractivity contribution is 6.35. The third-order valence-corrected chi connectivity index (χ3v) is 6.10. The summed E-state index contributed by atoms with van der Waals surface area (Å²) in [5.41, 5.74) is 2.90. The summed E-state index contributed by atoms with van der Waals surface area (Å²) in [4.78, 5) is 0. The summed E-state index contributed by atoms with van der Waals surface area (Å²) >= 11 is 18.8. The molecule has 0 saturated heterocycles. The first-order valence-electron chi connectivity index (χ1n) is 10.9. The van der Waals surface area contributed by atoms with Gasteiger partial charge >= 0.3 is 0 Å². The van der Waals surface area contributed by atoms with Crippen molar-refractivity contribution in [1.82, 2.24) is 5.32 Å². The molecule has 0 fully saturated rings. The first kappa shape index (κ1) is 26.3. The van der Waals surface area contributed by atoms with Crippen LogP contribution >= 0.6 is 34.8 Å². The van der Waals surface area contributed by atoms with E-state index in [0.717, 1.165) is 41.2 Å². The highest BCUT2D eigenvalue weighted by Crippen LogP contribution is 2.35. The first-order chi connectivity index (χ1) is 16.4. The largest absolute Gasteiger partial charge is 0.493 e. The summed E-state index contributed by atoms with van der Waals surface area (Å²) in [7, 11) is 3.26. The standard InChI is InChI=1S/C26H28Cl3NO4/c1-4-33-25-12-19(15-30-10-9-17-5-8-23(31-2)24(11-17)32-3)22(29)14-26(25)34-16-18-6-7-20(27)13-21(18)28/h5-8,11-14,30H,4,9-10,15-16H2,1-3H3. The monoisotopic (exact) mass is 523 g/mol. The van der Waals surface area contributed by atoms with E-state index < -0.39 is 0 Å². The van der Waals surface area contributed by atoms with Gasteiger partial charge in [-0.3, -0.25) is 0 Å². The molecule has 0 aliphatic carbocycles. The average molecular weight is 525 g/mol. The Morgan fingerprint density at radius 1 is 0.735 bits per heavy atom. The summed E-state index contributed by atoms with van der Waals surface area (Å²) in [6.45, 7) is 4.06. The molecular formula is C26H28Cl3NO4. The van der Waals surface area contributed by atoms with Gasteiger partial charge in [0.25, 0.3) is 0 Å². The van der Waals surface area contributed by atoms with Crippen LogP contribution in [-0.2, 0) is 19.6 Å². The summed E-state index contributed by atoms with van der Waals surface area (Å²) in [5.74, 6) is 2.63. The maximum Gasteiger partial charge on any atom is 0.163 e. The summed E-state index contributed by atoms with van der Waals surface area (Å²) in [6, 6.07) is 14.9. The molecule has 0 amide bonds. The number of halogens is 3. The van der Waals surface area contributed by atoms with E-state index in [0.29, 0.717) is 39.7 Å². The van der Waals surface area contributed by atoms with Gasteiger partial charge in [0, 0.05) is 33.2 Å². The van der Waals surface area contributed by atoms with Crippen LogP contribution in [0.15, 0.2) is 48.5 Å². The molecule has 0 atom stereocenters. The second kappa shape index (κ2) is 13.0. The fraction of sp³-hybridized carbons (Fsp3) is 0.308. The highest BCUT2D eigenvalue weighted by atomic mass is 35.5. The van der Waals surface area contributed by atoms with E-state index in [1.807, 2.05) is 37.3 Å². The Labute approximate surface area is 215 Å². The van der Waals surface area contributed by atoms with Gasteiger partial charge in [-0.2, -0.15) is 0 Å². The van der Waals surface area contributed by atoms with E-state index in [2.05, 4.69) is 5.32 Å². The van der Waals surface area contributed by atoms with Crippen molar-refractivity contribution in [3.05, 3.63) is 80.3 Å². The lowest BCUT2D eigenvalue weighted by molar-refractivity contribution is 0.269. The zero-order chi connectivity index (χ0) is 24.5. The lowest BCUT2D eigenvalue weighted by Gasteiger charge is -2.16. The Bertz CT molecular complexity index is 1110. The third-order valence-electron chi connectivity index (χ3n) is 5.16. The molecular weight excluding hydrogens is 497 g/mol. The van der Waals surface area contributed by atoms with Crippen molar-refractivity contribution < 1.29 is 18.9 Å². The summed E-state index contributed by atoms with van der Waals surface area (Å²) in [6.07, 6.45) is 0.833. The van der Waals surface area contributed by atoms with E-state index in [4.69, 9.17) is 53.8 Å². The number of benzene rings is 3. The van der Waals surface area contributed by atoms with Crippen LogP contribution in [0, 0.1) is 0 Å². The van der Waals surface area contributed by atoms with Gasteiger partial charge in [0.05, 0.1) is 20.8 Å². The summed E-state index contributed by atoms with van der Waals surface area (Å²) < 4.78 is 22.4. The lowest BCUT2D eigenvalue weighted by atomic mass is 10.1. The molecule has 0 saturated carbocycles. The van der Waals surface area contributed by atoms with Crippen molar-refractivity contribution in [2.75, 3.05) is 27.4 Å². The predicted molar refractivity (Wildman–Crippen MR) is 138 cm³/mol. The number of hydrogen-bond acceptors (Lipinski definition) is 5. The molecule has 0 heterocycles. The molecule has 0 aliphatic rings. The quantitative estimate of drug-likeness (QED) is 0.259. The zero-order valence-corrected chi connectivity index (χ0v) is 21.7. The van der Waals surface area contributed by atoms with Crippen LogP contribution in [0.5, 0.6) is 23.0 Å². The Kier molecular flexibility index (Phi) is 10.0. The molecule has 3 aromatic rings. The van der Waals surface area contributed by atoms with Crippen LogP contribution in [0.3, 0.4) is 0 Å². The minimum absolute atomic E-state index is 0.273. The van der Waals surface area contributed by atoms with Gasteiger partial charge in [-0.05, 0) is 61.3 Å². The zero-order valence-electron chi connectivity index (χ0n) is 19.4. The molecule has 0 bridgehead atoms. The second-order valence-corrected chi connectivity index (χ2v) is 8.71. The van der Waals surface area contributed by atoms with Crippen molar-refractivity contribution in [2.45, 2.75) is 26.5 Å². The Hall–Kier alpha value is -2.31. The van der Waals surface area contributed by atoms with Gasteiger partial charge in [0.15, 0.2) is 23.0 Å². The number of nitrogens with one attached hydrogen (secondary N) is 1. The van der Waals surface area contributed by atoms with Crippen LogP contribution < -0.4 is 24.3 Å². The second-order valence-electron chi connectivity index (χ2n) is 7.46. The Morgan fingerprint density at radius 3 is 2.18 bits per heavy atom. The molecule has 0 unspecified atom stereocenters. The molecule has 0 spiro atoms. The molecule has 8 heteroatoms. The number of hydrogen-bond donors (Lipinski definition) is 1. The van der Waals surface area contributed by atoms with Crippen LogP contribution in [0.2, 0.25) is 15.1 Å². The number of ether oxygens (including phenoxy) is 4. The van der Waals surface area contributed by atoms with Crippen LogP contribution in [0.4, 0.5) is 0 Å². The lowest BCUT2D eigenvalue weighted by Crippen LogP contribution is -2.17. The molecule has 3 rings (SSSR count). The van der Waals surface area contributed by atoms with E-state index in [9.17, 15) is 0 Å². The van der Waals surface area contributed by atoms with Gasteiger partial charge in [0.2, 0.25) is 0 Å². The number of rotatable bonds is 12. The fourth-order valence-electron chi connectivity index (χ4n) is 3.38. The van der Waals surface area contributed by atoms with Gasteiger partial charge in [-0.25, -0.2) is 0 Å². The van der Waals surface area contributed by atoms with Gasteiger partial charge in [0.1, 0.15) is 6.61 Å². The van der Waals surface area contributed by atoms with E-state index in [1.54, 1.807) is 32.4 Å². The molecule has 0 radical (unpaired) electrons. The fourth-order valence-corrected chi connectivity index (χ4v) is 4.06. The van der Waals surface area contributed by atoms with Crippen LogP contribution in [0.1, 0.15) is 23.6 Å². The van der Waals surface area contributed by atoms with Crippen LogP contribution in [-0.4, -0.2) is 27.4 Å². The van der Waals surface area contributed by atoms with Gasteiger partial charge < -0.3 is 24.3 Å². The van der Waals surface area contributed by atoms with Crippen molar-refractivity contribution in [2.24, 2.45) is 0 Å². The van der Waals surface area contributed by atoms with Crippen molar-refractivity contribution in [1.29, 1.82) is 0 Å².